The van der Waals surface area contributed by atoms with Crippen molar-refractivity contribution in [1.29, 1.82) is 0 Å². The minimum Gasteiger partial charge on any atom is -0.381 e. The Hall–Kier alpha value is -1.41. The summed E-state index contributed by atoms with van der Waals surface area (Å²) < 4.78 is 0. The largest absolute Gasteiger partial charge is 0.381 e. The van der Waals surface area contributed by atoms with Crippen molar-refractivity contribution >= 4 is 17.4 Å². The summed E-state index contributed by atoms with van der Waals surface area (Å²) >= 11 is 1.77. The molecular formula is C16H19NS. The van der Waals surface area contributed by atoms with Gasteiger partial charge in [0.15, 0.2) is 0 Å². The SMILES string of the molecule is CSc1cccc(NCc2ccc(C)cc2C)c1. The van der Waals surface area contributed by atoms with Gasteiger partial charge in [0.25, 0.3) is 0 Å². The van der Waals surface area contributed by atoms with E-state index >= 15 is 0 Å². The Kier molecular flexibility index (Phi) is 4.32. The monoisotopic (exact) mass is 257 g/mol. The molecule has 0 spiro atoms. The topological polar surface area (TPSA) is 12.0 Å². The highest BCUT2D eigenvalue weighted by molar-refractivity contribution is 7.98. The fourth-order valence-corrected chi connectivity index (χ4v) is 2.43. The minimum atomic E-state index is 0.879. The number of anilines is 1. The van der Waals surface area contributed by atoms with Crippen LogP contribution >= 0.6 is 11.8 Å². The van der Waals surface area contributed by atoms with Gasteiger partial charge in [0, 0.05) is 17.1 Å². The molecule has 0 saturated heterocycles. The fraction of sp³-hybridized carbons (Fsp3) is 0.250. The predicted molar refractivity (Wildman–Crippen MR) is 81.5 cm³/mol. The van der Waals surface area contributed by atoms with Gasteiger partial charge in [-0.15, -0.1) is 11.8 Å². The number of hydrogen-bond acceptors (Lipinski definition) is 2. The standard InChI is InChI=1S/C16H19NS/c1-12-7-8-14(13(2)9-12)11-17-15-5-4-6-16(10-15)18-3/h4-10,17H,11H2,1-3H3. The van der Waals surface area contributed by atoms with Gasteiger partial charge >= 0.3 is 0 Å². The van der Waals surface area contributed by atoms with Crippen LogP contribution in [0.3, 0.4) is 0 Å². The van der Waals surface area contributed by atoms with Crippen molar-refractivity contribution in [3.63, 3.8) is 0 Å². The first kappa shape index (κ1) is 13.0. The summed E-state index contributed by atoms with van der Waals surface area (Å²) in [4.78, 5) is 1.29. The van der Waals surface area contributed by atoms with Crippen LogP contribution in [0.1, 0.15) is 16.7 Å². The van der Waals surface area contributed by atoms with Gasteiger partial charge < -0.3 is 5.32 Å². The minimum absolute atomic E-state index is 0.879. The van der Waals surface area contributed by atoms with Crippen molar-refractivity contribution in [2.75, 3.05) is 11.6 Å². The lowest BCUT2D eigenvalue weighted by atomic mass is 10.1. The van der Waals surface area contributed by atoms with Gasteiger partial charge in [0.1, 0.15) is 0 Å². The van der Waals surface area contributed by atoms with E-state index in [-0.39, 0.29) is 0 Å². The molecule has 0 aliphatic heterocycles. The fourth-order valence-electron chi connectivity index (χ4n) is 1.97. The smallest absolute Gasteiger partial charge is 0.0403 e. The Morgan fingerprint density at radius 3 is 2.61 bits per heavy atom. The van der Waals surface area contributed by atoms with Crippen LogP contribution < -0.4 is 5.32 Å². The number of thioether (sulfide) groups is 1. The molecular weight excluding hydrogens is 238 g/mol. The van der Waals surface area contributed by atoms with Gasteiger partial charge in [-0.3, -0.25) is 0 Å². The van der Waals surface area contributed by atoms with Crippen molar-refractivity contribution in [2.45, 2.75) is 25.3 Å². The maximum Gasteiger partial charge on any atom is 0.0403 e. The average molecular weight is 257 g/mol. The van der Waals surface area contributed by atoms with Crippen LogP contribution in [0.25, 0.3) is 0 Å². The molecule has 18 heavy (non-hydrogen) atoms. The van der Waals surface area contributed by atoms with E-state index in [1.165, 1.54) is 27.3 Å². The molecule has 0 bridgehead atoms. The molecule has 1 N–H and O–H groups in total. The Bertz CT molecular complexity index is 534. The van der Waals surface area contributed by atoms with E-state index in [1.807, 2.05) is 0 Å². The molecule has 0 aliphatic rings. The summed E-state index contributed by atoms with van der Waals surface area (Å²) in [6, 6.07) is 15.1. The van der Waals surface area contributed by atoms with E-state index < -0.39 is 0 Å². The number of benzene rings is 2. The molecule has 2 heteroatoms. The van der Waals surface area contributed by atoms with Gasteiger partial charge in [-0.2, -0.15) is 0 Å². The Morgan fingerprint density at radius 2 is 1.89 bits per heavy atom. The molecule has 0 saturated carbocycles. The van der Waals surface area contributed by atoms with Gasteiger partial charge in [-0.05, 0) is 49.4 Å². The maximum absolute atomic E-state index is 3.48. The van der Waals surface area contributed by atoms with Gasteiger partial charge in [0.05, 0.1) is 0 Å². The summed E-state index contributed by atoms with van der Waals surface area (Å²) in [7, 11) is 0. The lowest BCUT2D eigenvalue weighted by molar-refractivity contribution is 1.11. The van der Waals surface area contributed by atoms with Crippen molar-refractivity contribution in [3.05, 3.63) is 59.2 Å². The van der Waals surface area contributed by atoms with Crippen molar-refractivity contribution in [1.82, 2.24) is 0 Å². The third-order valence-electron chi connectivity index (χ3n) is 3.05. The summed E-state index contributed by atoms with van der Waals surface area (Å²) in [6.45, 7) is 5.18. The van der Waals surface area contributed by atoms with E-state index in [9.17, 15) is 0 Å². The zero-order chi connectivity index (χ0) is 13.0. The first-order valence-corrected chi connectivity index (χ1v) is 7.35. The molecule has 0 fully saturated rings. The Balaban J connectivity index is 2.06. The first-order valence-electron chi connectivity index (χ1n) is 6.13. The third-order valence-corrected chi connectivity index (χ3v) is 3.78. The van der Waals surface area contributed by atoms with Crippen LogP contribution in [0.4, 0.5) is 5.69 Å². The summed E-state index contributed by atoms with van der Waals surface area (Å²) in [5, 5.41) is 3.48. The van der Waals surface area contributed by atoms with E-state index in [2.05, 4.69) is 67.9 Å². The van der Waals surface area contributed by atoms with Crippen LogP contribution in [0.5, 0.6) is 0 Å². The molecule has 2 aromatic carbocycles. The van der Waals surface area contributed by atoms with Crippen LogP contribution in [0, 0.1) is 13.8 Å². The second-order valence-corrected chi connectivity index (χ2v) is 5.40. The second-order valence-electron chi connectivity index (χ2n) is 4.52. The highest BCUT2D eigenvalue weighted by Crippen LogP contribution is 2.20. The van der Waals surface area contributed by atoms with Gasteiger partial charge in [0.2, 0.25) is 0 Å². The van der Waals surface area contributed by atoms with Crippen molar-refractivity contribution < 1.29 is 0 Å². The van der Waals surface area contributed by atoms with Crippen LogP contribution in [-0.4, -0.2) is 6.26 Å². The number of aryl methyl sites for hydroxylation is 2. The summed E-state index contributed by atoms with van der Waals surface area (Å²) in [5.41, 5.74) is 5.21. The third kappa shape index (κ3) is 3.30. The Labute approximate surface area is 114 Å². The van der Waals surface area contributed by atoms with Crippen LogP contribution in [-0.2, 0) is 6.54 Å². The number of nitrogens with one attached hydrogen (secondary N) is 1. The average Bonchev–Trinajstić information content (AvgIpc) is 2.38. The predicted octanol–water partition coefficient (Wildman–Crippen LogP) is 4.64. The molecule has 0 atom stereocenters. The lowest BCUT2D eigenvalue weighted by Gasteiger charge is -2.10. The molecule has 0 heterocycles. The molecule has 1 nitrogen and oxygen atoms in total. The Morgan fingerprint density at radius 1 is 1.06 bits per heavy atom. The molecule has 0 amide bonds. The molecule has 0 unspecified atom stereocenters. The van der Waals surface area contributed by atoms with E-state index in [4.69, 9.17) is 0 Å². The van der Waals surface area contributed by atoms with Crippen molar-refractivity contribution in [2.24, 2.45) is 0 Å². The van der Waals surface area contributed by atoms with E-state index in [0.717, 1.165) is 6.54 Å². The quantitative estimate of drug-likeness (QED) is 0.801. The lowest BCUT2D eigenvalue weighted by Crippen LogP contribution is -2.01. The molecule has 2 rings (SSSR count). The zero-order valence-corrected chi connectivity index (χ0v) is 12.0. The van der Waals surface area contributed by atoms with Crippen LogP contribution in [0.2, 0.25) is 0 Å². The van der Waals surface area contributed by atoms with E-state index in [1.54, 1.807) is 11.8 Å². The van der Waals surface area contributed by atoms with E-state index in [0.29, 0.717) is 0 Å². The molecule has 0 aromatic heterocycles. The number of hydrogen-bond donors (Lipinski definition) is 1. The molecule has 0 radical (unpaired) electrons. The van der Waals surface area contributed by atoms with Crippen molar-refractivity contribution in [3.8, 4) is 0 Å². The second kappa shape index (κ2) is 5.96. The first-order chi connectivity index (χ1) is 8.69. The van der Waals surface area contributed by atoms with Gasteiger partial charge in [-0.25, -0.2) is 0 Å². The normalized spacial score (nSPS) is 10.4. The number of rotatable bonds is 4. The van der Waals surface area contributed by atoms with Gasteiger partial charge in [-0.1, -0.05) is 29.8 Å². The summed E-state index contributed by atoms with van der Waals surface area (Å²) in [5.74, 6) is 0. The molecule has 0 aliphatic carbocycles. The maximum atomic E-state index is 3.48. The zero-order valence-electron chi connectivity index (χ0n) is 11.2. The van der Waals surface area contributed by atoms with Crippen LogP contribution in [0.15, 0.2) is 47.4 Å². The molecule has 94 valence electrons. The highest BCUT2D eigenvalue weighted by Gasteiger charge is 1.99. The highest BCUT2D eigenvalue weighted by atomic mass is 32.2. The summed E-state index contributed by atoms with van der Waals surface area (Å²) in [6.07, 6.45) is 2.10. The molecule has 2 aromatic rings.